The molecule has 0 amide bonds. The third kappa shape index (κ3) is 5.80. The van der Waals surface area contributed by atoms with Gasteiger partial charge in [-0.25, -0.2) is 15.0 Å². The molecule has 13 rings (SSSR count). The molecule has 0 unspecified atom stereocenters. The number of benzene rings is 9. The lowest BCUT2D eigenvalue weighted by Gasteiger charge is -2.13. The topological polar surface area (TPSA) is 56.7 Å². The van der Waals surface area contributed by atoms with Gasteiger partial charge in [-0.1, -0.05) is 152 Å². The van der Waals surface area contributed by atoms with E-state index in [1.165, 1.54) is 36.7 Å². The summed E-state index contributed by atoms with van der Waals surface area (Å²) in [5.74, 6) is 1.75. The van der Waals surface area contributed by atoms with Crippen LogP contribution in [0.5, 0.6) is 0 Å². The maximum atomic E-state index is 7.06. The van der Waals surface area contributed by atoms with E-state index < -0.39 is 0 Å². The van der Waals surface area contributed by atoms with E-state index in [1.807, 2.05) is 18.2 Å². The molecule has 0 aliphatic heterocycles. The molecule has 13 aromatic rings. The van der Waals surface area contributed by atoms with Crippen molar-refractivity contribution in [3.05, 3.63) is 206 Å². The summed E-state index contributed by atoms with van der Waals surface area (Å²) in [6.07, 6.45) is 0. The van der Waals surface area contributed by atoms with Crippen molar-refractivity contribution in [2.24, 2.45) is 0 Å². The van der Waals surface area contributed by atoms with Gasteiger partial charge in [-0.15, -0.1) is 11.3 Å². The second-order valence-corrected chi connectivity index (χ2v) is 17.0. The maximum absolute atomic E-state index is 7.06. The highest BCUT2D eigenvalue weighted by Crippen LogP contribution is 2.43. The summed E-state index contributed by atoms with van der Waals surface area (Å²) >= 11 is 1.79. The number of hydrogen-bond acceptors (Lipinski definition) is 5. The fraction of sp³-hybridized carbons (Fsp3) is 0. The molecule has 0 fully saturated rings. The van der Waals surface area contributed by atoms with E-state index in [9.17, 15) is 0 Å². The first-order valence-corrected chi connectivity index (χ1v) is 21.9. The summed E-state index contributed by atoms with van der Waals surface area (Å²) in [5, 5.41) is 6.72. The summed E-state index contributed by atoms with van der Waals surface area (Å²) in [5.41, 5.74) is 12.0. The molecular formula is C57H34N4OS. The van der Waals surface area contributed by atoms with Crippen molar-refractivity contribution in [2.75, 3.05) is 0 Å². The van der Waals surface area contributed by atoms with Crippen LogP contribution in [0.4, 0.5) is 0 Å². The molecule has 63 heavy (non-hydrogen) atoms. The zero-order valence-corrected chi connectivity index (χ0v) is 34.6. The highest BCUT2D eigenvalue weighted by atomic mass is 32.1. The van der Waals surface area contributed by atoms with Gasteiger partial charge in [-0.05, 0) is 76.9 Å². The lowest BCUT2D eigenvalue weighted by Crippen LogP contribution is -2.02. The minimum absolute atomic E-state index is 0.540. The Labute approximate surface area is 365 Å². The number of hydrogen-bond donors (Lipinski definition) is 0. The van der Waals surface area contributed by atoms with Crippen LogP contribution in [-0.4, -0.2) is 19.5 Å². The molecule has 0 spiro atoms. The fourth-order valence-electron chi connectivity index (χ4n) is 9.34. The van der Waals surface area contributed by atoms with Crippen LogP contribution >= 0.6 is 11.3 Å². The van der Waals surface area contributed by atoms with E-state index in [0.29, 0.717) is 17.5 Å². The van der Waals surface area contributed by atoms with Gasteiger partial charge in [0.1, 0.15) is 11.2 Å². The van der Waals surface area contributed by atoms with Gasteiger partial charge in [0.25, 0.3) is 0 Å². The van der Waals surface area contributed by atoms with E-state index in [1.54, 1.807) is 11.3 Å². The molecule has 0 N–H and O–H groups in total. The third-order valence-electron chi connectivity index (χ3n) is 12.3. The summed E-state index contributed by atoms with van der Waals surface area (Å²) in [7, 11) is 0. The molecule has 4 aromatic heterocycles. The Balaban J connectivity index is 1.09. The molecule has 0 bridgehead atoms. The summed E-state index contributed by atoms with van der Waals surface area (Å²) in [6, 6.07) is 72.7. The Morgan fingerprint density at radius 3 is 1.70 bits per heavy atom. The molecule has 0 saturated heterocycles. The van der Waals surface area contributed by atoms with Crippen molar-refractivity contribution in [2.45, 2.75) is 0 Å². The Kier molecular flexibility index (Phi) is 8.01. The third-order valence-corrected chi connectivity index (χ3v) is 13.4. The number of thiophene rings is 1. The SMILES string of the molecule is c1ccc(-c2cccc(-c3ccc4c(c3)oc3c(-c5nc(-c6ccccc6)nc(-c6cccc7sc8ccccc8c67)n5)cc(-n5c6ccccc6c6ccccc65)cc34)c2)cc1. The summed E-state index contributed by atoms with van der Waals surface area (Å²) < 4.78 is 11.8. The van der Waals surface area contributed by atoms with Crippen LogP contribution in [-0.2, 0) is 0 Å². The molecule has 6 heteroatoms. The first-order valence-electron chi connectivity index (χ1n) is 21.1. The van der Waals surface area contributed by atoms with Crippen LogP contribution in [0.15, 0.2) is 211 Å². The first-order chi connectivity index (χ1) is 31.2. The van der Waals surface area contributed by atoms with Crippen molar-refractivity contribution in [1.82, 2.24) is 19.5 Å². The number of rotatable bonds is 6. The fourth-order valence-corrected chi connectivity index (χ4v) is 10.5. The number of nitrogens with zero attached hydrogens (tertiary/aromatic N) is 4. The van der Waals surface area contributed by atoms with E-state index in [0.717, 1.165) is 71.9 Å². The molecule has 5 nitrogen and oxygen atoms in total. The quantitative estimate of drug-likeness (QED) is 0.168. The van der Waals surface area contributed by atoms with Crippen LogP contribution in [0.1, 0.15) is 0 Å². The van der Waals surface area contributed by atoms with Gasteiger partial charge in [-0.2, -0.15) is 0 Å². The average molecular weight is 823 g/mol. The molecule has 0 saturated carbocycles. The first kappa shape index (κ1) is 35.6. The van der Waals surface area contributed by atoms with Crippen molar-refractivity contribution >= 4 is 75.3 Å². The Morgan fingerprint density at radius 2 is 0.937 bits per heavy atom. The molecular weight excluding hydrogens is 789 g/mol. The molecule has 0 aliphatic carbocycles. The maximum Gasteiger partial charge on any atom is 0.167 e. The highest BCUT2D eigenvalue weighted by molar-refractivity contribution is 7.25. The predicted molar refractivity (Wildman–Crippen MR) is 262 cm³/mol. The van der Waals surface area contributed by atoms with Crippen LogP contribution in [0.3, 0.4) is 0 Å². The van der Waals surface area contributed by atoms with Gasteiger partial charge in [-0.3, -0.25) is 0 Å². The number of furan rings is 1. The van der Waals surface area contributed by atoms with Crippen LogP contribution in [0, 0.1) is 0 Å². The zero-order valence-electron chi connectivity index (χ0n) is 33.7. The van der Waals surface area contributed by atoms with E-state index in [2.05, 4.69) is 193 Å². The zero-order chi connectivity index (χ0) is 41.4. The Morgan fingerprint density at radius 1 is 0.365 bits per heavy atom. The van der Waals surface area contributed by atoms with Gasteiger partial charge < -0.3 is 8.98 Å². The number of aromatic nitrogens is 4. The monoisotopic (exact) mass is 822 g/mol. The minimum atomic E-state index is 0.540. The van der Waals surface area contributed by atoms with Crippen molar-refractivity contribution < 1.29 is 4.42 Å². The average Bonchev–Trinajstić information content (AvgIpc) is 4.03. The minimum Gasteiger partial charge on any atom is -0.455 e. The van der Waals surface area contributed by atoms with Gasteiger partial charge in [0.05, 0.1) is 16.6 Å². The number of para-hydroxylation sites is 2. The summed E-state index contributed by atoms with van der Waals surface area (Å²) in [4.78, 5) is 16.0. The lowest BCUT2D eigenvalue weighted by molar-refractivity contribution is 0.669. The van der Waals surface area contributed by atoms with Crippen LogP contribution < -0.4 is 0 Å². The standard InChI is InChI=1S/C57H34N4OS/c1-3-15-35(16-4-1)37-19-13-20-38(31-37)39-29-30-43-46-33-40(61-48-25-10-7-21-41(48)42-22-8-11-26-49(42)61)34-47(54(46)62-50(43)32-39)57-59-55(36-17-5-2-6-18-36)58-56(60-57)45-24-14-28-52-53(45)44-23-9-12-27-51(44)63-52/h1-34H. The van der Waals surface area contributed by atoms with Crippen molar-refractivity contribution in [3.8, 4) is 62.1 Å². The van der Waals surface area contributed by atoms with Crippen LogP contribution in [0.2, 0.25) is 0 Å². The Hall–Kier alpha value is -8.19. The largest absolute Gasteiger partial charge is 0.455 e. The second kappa shape index (κ2) is 14.2. The molecule has 0 radical (unpaired) electrons. The highest BCUT2D eigenvalue weighted by Gasteiger charge is 2.23. The van der Waals surface area contributed by atoms with Crippen molar-refractivity contribution in [3.63, 3.8) is 0 Å². The molecule has 0 atom stereocenters. The van der Waals surface area contributed by atoms with E-state index in [-0.39, 0.29) is 0 Å². The van der Waals surface area contributed by atoms with E-state index >= 15 is 0 Å². The Bertz CT molecular complexity index is 3870. The van der Waals surface area contributed by atoms with E-state index in [4.69, 9.17) is 19.4 Å². The molecule has 4 heterocycles. The predicted octanol–water partition coefficient (Wildman–Crippen LogP) is 15.6. The second-order valence-electron chi connectivity index (χ2n) is 15.9. The lowest BCUT2D eigenvalue weighted by atomic mass is 9.98. The molecule has 294 valence electrons. The molecule has 9 aromatic carbocycles. The van der Waals surface area contributed by atoms with Gasteiger partial charge in [0.2, 0.25) is 0 Å². The van der Waals surface area contributed by atoms with Gasteiger partial charge in [0.15, 0.2) is 17.5 Å². The summed E-state index contributed by atoms with van der Waals surface area (Å²) in [6.45, 7) is 0. The molecule has 0 aliphatic rings. The number of fused-ring (bicyclic) bond motifs is 9. The van der Waals surface area contributed by atoms with Crippen LogP contribution in [0.25, 0.3) is 126 Å². The van der Waals surface area contributed by atoms with Gasteiger partial charge in [0, 0.05) is 58.5 Å². The van der Waals surface area contributed by atoms with Gasteiger partial charge >= 0.3 is 0 Å². The van der Waals surface area contributed by atoms with Crippen molar-refractivity contribution in [1.29, 1.82) is 0 Å². The smallest absolute Gasteiger partial charge is 0.167 e. The normalized spacial score (nSPS) is 11.8.